The van der Waals surface area contributed by atoms with E-state index >= 15 is 0 Å². The monoisotopic (exact) mass is 358 g/mol. The predicted molar refractivity (Wildman–Crippen MR) is 96.7 cm³/mol. The molecule has 2 heterocycles. The minimum atomic E-state index is -0.807. The van der Waals surface area contributed by atoms with Crippen molar-refractivity contribution in [2.75, 3.05) is 19.6 Å². The Morgan fingerprint density at radius 1 is 0.923 bits per heavy atom. The van der Waals surface area contributed by atoms with E-state index in [1.807, 2.05) is 18.2 Å². The number of aliphatic hydroxyl groups excluding tert-OH is 1. The molecule has 2 aliphatic heterocycles. The molecule has 0 aliphatic carbocycles. The second kappa shape index (κ2) is 7.43. The summed E-state index contributed by atoms with van der Waals surface area (Å²) in [5, 5.41) is 10.0. The average Bonchev–Trinajstić information content (AvgIpc) is 2.98. The summed E-state index contributed by atoms with van der Waals surface area (Å²) in [5.74, 6) is -1.60. The van der Waals surface area contributed by atoms with Crippen LogP contribution in [-0.4, -0.2) is 52.7 Å². The molecule has 5 heteroatoms. The molecule has 0 unspecified atom stereocenters. The molecule has 0 spiro atoms. The molecular formula is C21H24F2N2O. The lowest BCUT2D eigenvalue weighted by Crippen LogP contribution is -2.56. The summed E-state index contributed by atoms with van der Waals surface area (Å²) in [5.41, 5.74) is 2.06. The number of piperazine rings is 1. The van der Waals surface area contributed by atoms with Crippen molar-refractivity contribution in [2.45, 2.75) is 37.6 Å². The van der Waals surface area contributed by atoms with Gasteiger partial charge < -0.3 is 5.11 Å². The Morgan fingerprint density at radius 2 is 1.73 bits per heavy atom. The van der Waals surface area contributed by atoms with Crippen LogP contribution < -0.4 is 0 Å². The first-order valence-corrected chi connectivity index (χ1v) is 9.22. The van der Waals surface area contributed by atoms with Crippen molar-refractivity contribution in [1.29, 1.82) is 0 Å². The van der Waals surface area contributed by atoms with Crippen LogP contribution in [0.4, 0.5) is 8.78 Å². The van der Waals surface area contributed by atoms with Crippen molar-refractivity contribution in [1.82, 2.24) is 9.80 Å². The van der Waals surface area contributed by atoms with E-state index in [4.69, 9.17) is 0 Å². The first kappa shape index (κ1) is 17.6. The summed E-state index contributed by atoms with van der Waals surface area (Å²) in [6, 6.07) is 15.1. The molecule has 2 fully saturated rings. The van der Waals surface area contributed by atoms with E-state index in [0.29, 0.717) is 12.6 Å². The molecule has 2 aliphatic rings. The Morgan fingerprint density at radius 3 is 2.50 bits per heavy atom. The van der Waals surface area contributed by atoms with E-state index in [2.05, 4.69) is 21.9 Å². The van der Waals surface area contributed by atoms with Crippen LogP contribution in [0.5, 0.6) is 0 Å². The van der Waals surface area contributed by atoms with Gasteiger partial charge >= 0.3 is 0 Å². The van der Waals surface area contributed by atoms with Gasteiger partial charge in [-0.2, -0.15) is 0 Å². The third-order valence-electron chi connectivity index (χ3n) is 5.60. The zero-order valence-corrected chi connectivity index (χ0v) is 14.7. The number of rotatable bonds is 4. The highest BCUT2D eigenvalue weighted by Crippen LogP contribution is 2.28. The molecule has 4 rings (SSSR count). The van der Waals surface area contributed by atoms with Gasteiger partial charge in [0.1, 0.15) is 0 Å². The summed E-state index contributed by atoms with van der Waals surface area (Å²) >= 11 is 0. The van der Waals surface area contributed by atoms with Gasteiger partial charge in [0.15, 0.2) is 11.6 Å². The maximum Gasteiger partial charge on any atom is 0.159 e. The molecule has 0 saturated carbocycles. The van der Waals surface area contributed by atoms with Gasteiger partial charge in [0, 0.05) is 38.3 Å². The molecule has 0 bridgehead atoms. The van der Waals surface area contributed by atoms with Crippen molar-refractivity contribution < 1.29 is 13.9 Å². The van der Waals surface area contributed by atoms with Gasteiger partial charge in [0.2, 0.25) is 0 Å². The average molecular weight is 358 g/mol. The van der Waals surface area contributed by atoms with Crippen LogP contribution in [-0.2, 0) is 13.0 Å². The van der Waals surface area contributed by atoms with Gasteiger partial charge in [-0.1, -0.05) is 36.4 Å². The van der Waals surface area contributed by atoms with Crippen LogP contribution in [0.1, 0.15) is 17.5 Å². The molecule has 0 amide bonds. The molecule has 2 aromatic rings. The molecule has 2 saturated heterocycles. The van der Waals surface area contributed by atoms with Gasteiger partial charge in [0.05, 0.1) is 6.10 Å². The number of hydrogen-bond donors (Lipinski definition) is 1. The van der Waals surface area contributed by atoms with Crippen molar-refractivity contribution in [3.8, 4) is 0 Å². The second-order valence-electron chi connectivity index (χ2n) is 7.52. The van der Waals surface area contributed by atoms with Gasteiger partial charge in [0.25, 0.3) is 0 Å². The van der Waals surface area contributed by atoms with Crippen molar-refractivity contribution in [3.63, 3.8) is 0 Å². The van der Waals surface area contributed by atoms with E-state index in [1.165, 1.54) is 17.7 Å². The highest BCUT2D eigenvalue weighted by atomic mass is 19.2. The van der Waals surface area contributed by atoms with Gasteiger partial charge in [-0.05, 0) is 36.1 Å². The van der Waals surface area contributed by atoms with E-state index in [1.54, 1.807) is 6.07 Å². The maximum absolute atomic E-state index is 13.6. The zero-order valence-electron chi connectivity index (χ0n) is 14.7. The fourth-order valence-electron chi connectivity index (χ4n) is 4.32. The van der Waals surface area contributed by atoms with Crippen LogP contribution >= 0.6 is 0 Å². The Balaban J connectivity index is 1.54. The van der Waals surface area contributed by atoms with E-state index in [9.17, 15) is 13.9 Å². The number of hydrogen-bond acceptors (Lipinski definition) is 3. The minimum absolute atomic E-state index is 0.263. The first-order valence-electron chi connectivity index (χ1n) is 9.22. The summed E-state index contributed by atoms with van der Waals surface area (Å²) in [6.45, 7) is 3.05. The summed E-state index contributed by atoms with van der Waals surface area (Å²) < 4.78 is 26.8. The largest absolute Gasteiger partial charge is 0.392 e. The molecular weight excluding hydrogens is 334 g/mol. The fourth-order valence-corrected chi connectivity index (χ4v) is 4.32. The van der Waals surface area contributed by atoms with Crippen LogP contribution in [0, 0.1) is 11.6 Å². The molecule has 0 aromatic heterocycles. The third kappa shape index (κ3) is 3.80. The SMILES string of the molecule is O[C@@H]1C[C@H]2CN(Cc3ccc(F)c(F)c3)[C@H](Cc3ccccc3)CN2C1. The number of fused-ring (bicyclic) bond motifs is 1. The normalized spacial score (nSPS) is 26.8. The highest BCUT2D eigenvalue weighted by molar-refractivity contribution is 5.20. The molecule has 3 nitrogen and oxygen atoms in total. The Labute approximate surface area is 152 Å². The molecule has 3 atom stereocenters. The van der Waals surface area contributed by atoms with Crippen LogP contribution in [0.2, 0.25) is 0 Å². The van der Waals surface area contributed by atoms with Gasteiger partial charge in [-0.25, -0.2) is 8.78 Å². The standard InChI is InChI=1S/C21H24F2N2O/c22-20-7-6-16(9-21(20)23)11-24-13-18-10-19(26)14-25(18)12-17(24)8-15-4-2-1-3-5-15/h1-7,9,17-19,26H,8,10-14H2/t17-,18+,19-/m1/s1. The van der Waals surface area contributed by atoms with Crippen LogP contribution in [0.25, 0.3) is 0 Å². The first-order chi connectivity index (χ1) is 12.6. The van der Waals surface area contributed by atoms with Crippen LogP contribution in [0.3, 0.4) is 0 Å². The lowest BCUT2D eigenvalue weighted by Gasteiger charge is -2.43. The number of benzene rings is 2. The maximum atomic E-state index is 13.6. The van der Waals surface area contributed by atoms with E-state index in [-0.39, 0.29) is 12.1 Å². The highest BCUT2D eigenvalue weighted by Gasteiger charge is 2.39. The minimum Gasteiger partial charge on any atom is -0.392 e. The molecule has 138 valence electrons. The zero-order chi connectivity index (χ0) is 18.1. The predicted octanol–water partition coefficient (Wildman–Crippen LogP) is 2.83. The molecule has 0 radical (unpaired) electrons. The fraction of sp³-hybridized carbons (Fsp3) is 0.429. The molecule has 26 heavy (non-hydrogen) atoms. The molecule has 2 aromatic carbocycles. The summed E-state index contributed by atoms with van der Waals surface area (Å²) in [6.07, 6.45) is 1.43. The van der Waals surface area contributed by atoms with Crippen molar-refractivity contribution >= 4 is 0 Å². The smallest absolute Gasteiger partial charge is 0.159 e. The number of aliphatic hydroxyl groups is 1. The lowest BCUT2D eigenvalue weighted by molar-refractivity contribution is 0.0444. The Kier molecular flexibility index (Phi) is 5.02. The summed E-state index contributed by atoms with van der Waals surface area (Å²) in [4.78, 5) is 4.74. The van der Waals surface area contributed by atoms with Gasteiger partial charge in [-0.3, -0.25) is 9.80 Å². The van der Waals surface area contributed by atoms with E-state index in [0.717, 1.165) is 38.0 Å². The number of halogens is 2. The topological polar surface area (TPSA) is 26.7 Å². The van der Waals surface area contributed by atoms with E-state index < -0.39 is 11.6 Å². The number of nitrogens with zero attached hydrogens (tertiary/aromatic N) is 2. The Bertz CT molecular complexity index is 755. The van der Waals surface area contributed by atoms with Crippen LogP contribution in [0.15, 0.2) is 48.5 Å². The quantitative estimate of drug-likeness (QED) is 0.911. The third-order valence-corrected chi connectivity index (χ3v) is 5.60. The van der Waals surface area contributed by atoms with Crippen molar-refractivity contribution in [2.24, 2.45) is 0 Å². The second-order valence-corrected chi connectivity index (χ2v) is 7.52. The van der Waals surface area contributed by atoms with Crippen molar-refractivity contribution in [3.05, 3.63) is 71.3 Å². The summed E-state index contributed by atoms with van der Waals surface area (Å²) in [7, 11) is 0. The Hall–Kier alpha value is -1.82. The van der Waals surface area contributed by atoms with Gasteiger partial charge in [-0.15, -0.1) is 0 Å². The lowest BCUT2D eigenvalue weighted by atomic mass is 9.99. The molecule has 1 N–H and O–H groups in total.